The van der Waals surface area contributed by atoms with Crippen LogP contribution >= 0.6 is 0 Å². The van der Waals surface area contributed by atoms with Crippen LogP contribution in [-0.2, 0) is 4.74 Å². The third kappa shape index (κ3) is 3.20. The lowest BCUT2D eigenvalue weighted by molar-refractivity contribution is 0.0340. The highest BCUT2D eigenvalue weighted by molar-refractivity contribution is 5.50. The molecule has 1 aliphatic rings. The van der Waals surface area contributed by atoms with Crippen molar-refractivity contribution >= 4 is 5.69 Å². The van der Waals surface area contributed by atoms with Crippen molar-refractivity contribution in [3.63, 3.8) is 0 Å². The molecule has 0 spiro atoms. The molecule has 17 heavy (non-hydrogen) atoms. The zero-order valence-corrected chi connectivity index (χ0v) is 11.0. The molecule has 0 bridgehead atoms. The fourth-order valence-corrected chi connectivity index (χ4v) is 2.11. The first-order chi connectivity index (χ1) is 8.16. The maximum absolute atomic E-state index is 5.72. The number of nitrogens with zero attached hydrogens (tertiary/aromatic N) is 1. The Bertz CT molecular complexity index is 372. The number of benzene rings is 1. The van der Waals surface area contributed by atoms with Crippen molar-refractivity contribution in [2.75, 3.05) is 38.2 Å². The topological polar surface area (TPSA) is 24.5 Å². The van der Waals surface area contributed by atoms with Gasteiger partial charge in [-0.3, -0.25) is 0 Å². The predicted octanol–water partition coefficient (Wildman–Crippen LogP) is 1.73. The minimum atomic E-state index is 0.301. The van der Waals surface area contributed by atoms with Gasteiger partial charge < -0.3 is 15.0 Å². The van der Waals surface area contributed by atoms with Crippen LogP contribution in [0.3, 0.4) is 0 Å². The lowest BCUT2D eigenvalue weighted by Gasteiger charge is -2.29. The van der Waals surface area contributed by atoms with Crippen LogP contribution in [0.2, 0.25) is 0 Å². The molecular weight excluding hydrogens is 212 g/mol. The maximum Gasteiger partial charge on any atom is 0.0874 e. The van der Waals surface area contributed by atoms with Crippen molar-refractivity contribution in [1.29, 1.82) is 0 Å². The summed E-state index contributed by atoms with van der Waals surface area (Å²) in [5.41, 5.74) is 3.96. The van der Waals surface area contributed by atoms with E-state index >= 15 is 0 Å². The number of nitrogens with one attached hydrogen (secondary N) is 1. The molecule has 1 atom stereocenters. The van der Waals surface area contributed by atoms with Crippen molar-refractivity contribution in [3.05, 3.63) is 29.3 Å². The molecule has 3 nitrogen and oxygen atoms in total. The summed E-state index contributed by atoms with van der Waals surface area (Å²) in [4.78, 5) is 2.27. The lowest BCUT2D eigenvalue weighted by atomic mass is 10.1. The van der Waals surface area contributed by atoms with Crippen LogP contribution in [0.25, 0.3) is 0 Å². The molecule has 1 saturated heterocycles. The first-order valence-corrected chi connectivity index (χ1v) is 6.27. The van der Waals surface area contributed by atoms with Gasteiger partial charge in [-0.1, -0.05) is 6.07 Å². The normalized spacial score (nSPS) is 20.3. The van der Waals surface area contributed by atoms with Crippen LogP contribution < -0.4 is 10.2 Å². The van der Waals surface area contributed by atoms with Crippen molar-refractivity contribution < 1.29 is 4.74 Å². The van der Waals surface area contributed by atoms with Gasteiger partial charge in [-0.2, -0.15) is 0 Å². The zero-order valence-electron chi connectivity index (χ0n) is 11.0. The van der Waals surface area contributed by atoms with E-state index in [4.69, 9.17) is 4.74 Å². The van der Waals surface area contributed by atoms with E-state index < -0.39 is 0 Å². The predicted molar refractivity (Wildman–Crippen MR) is 71.8 cm³/mol. The molecule has 94 valence electrons. The van der Waals surface area contributed by atoms with Crippen LogP contribution in [0.4, 0.5) is 5.69 Å². The highest BCUT2D eigenvalue weighted by Gasteiger charge is 2.15. The number of hydrogen-bond acceptors (Lipinski definition) is 3. The molecular formula is C14H22N2O. The van der Waals surface area contributed by atoms with Gasteiger partial charge in [0.2, 0.25) is 0 Å². The summed E-state index contributed by atoms with van der Waals surface area (Å²) < 4.78 is 5.72. The Labute approximate surface area is 104 Å². The SMILES string of the molecule is Cc1ccc(N(C)CC2CNCCO2)cc1C. The van der Waals surface area contributed by atoms with Crippen molar-refractivity contribution in [2.24, 2.45) is 0 Å². The fraction of sp³-hybridized carbons (Fsp3) is 0.571. The molecule has 0 saturated carbocycles. The Morgan fingerprint density at radius 2 is 2.18 bits per heavy atom. The lowest BCUT2D eigenvalue weighted by Crippen LogP contribution is -2.44. The van der Waals surface area contributed by atoms with E-state index in [9.17, 15) is 0 Å². The second kappa shape index (κ2) is 5.52. The molecule has 0 amide bonds. The van der Waals surface area contributed by atoms with E-state index in [0.29, 0.717) is 6.10 Å². The molecule has 2 rings (SSSR count). The Balaban J connectivity index is 1.98. The molecule has 3 heteroatoms. The standard InChI is InChI=1S/C14H22N2O/c1-11-4-5-13(8-12(11)2)16(3)10-14-9-15-6-7-17-14/h4-5,8,14-15H,6-7,9-10H2,1-3H3. The van der Waals surface area contributed by atoms with Crippen molar-refractivity contribution in [2.45, 2.75) is 20.0 Å². The minimum Gasteiger partial charge on any atom is -0.374 e. The molecule has 0 radical (unpaired) electrons. The van der Waals surface area contributed by atoms with E-state index in [1.165, 1.54) is 16.8 Å². The summed E-state index contributed by atoms with van der Waals surface area (Å²) in [6, 6.07) is 6.60. The maximum atomic E-state index is 5.72. The van der Waals surface area contributed by atoms with E-state index in [2.05, 4.69) is 49.3 Å². The van der Waals surface area contributed by atoms with Crippen molar-refractivity contribution in [3.8, 4) is 0 Å². The molecule has 0 aromatic heterocycles. The molecule has 1 unspecified atom stereocenters. The summed E-state index contributed by atoms with van der Waals surface area (Å²) >= 11 is 0. The number of likely N-dealkylation sites (N-methyl/N-ethyl adjacent to an activating group) is 1. The minimum absolute atomic E-state index is 0.301. The van der Waals surface area contributed by atoms with Gasteiger partial charge >= 0.3 is 0 Å². The molecule has 1 N–H and O–H groups in total. The quantitative estimate of drug-likeness (QED) is 0.862. The number of aryl methyl sites for hydroxylation is 2. The number of ether oxygens (including phenoxy) is 1. The van der Waals surface area contributed by atoms with Crippen LogP contribution in [0.1, 0.15) is 11.1 Å². The van der Waals surface area contributed by atoms with Gasteiger partial charge in [-0.25, -0.2) is 0 Å². The van der Waals surface area contributed by atoms with E-state index in [-0.39, 0.29) is 0 Å². The zero-order chi connectivity index (χ0) is 12.3. The van der Waals surface area contributed by atoms with E-state index in [1.54, 1.807) is 0 Å². The summed E-state index contributed by atoms with van der Waals surface area (Å²) in [7, 11) is 2.13. The first-order valence-electron chi connectivity index (χ1n) is 6.27. The molecule has 1 heterocycles. The van der Waals surface area contributed by atoms with Gasteiger partial charge in [0.1, 0.15) is 0 Å². The summed E-state index contributed by atoms with van der Waals surface area (Å²) in [6.07, 6.45) is 0.301. The van der Waals surface area contributed by atoms with Gasteiger partial charge in [0.15, 0.2) is 0 Å². The van der Waals surface area contributed by atoms with Gasteiger partial charge in [0.25, 0.3) is 0 Å². The molecule has 1 aliphatic heterocycles. The van der Waals surface area contributed by atoms with Gasteiger partial charge in [0, 0.05) is 32.4 Å². The van der Waals surface area contributed by atoms with Crippen LogP contribution in [-0.4, -0.2) is 39.4 Å². The van der Waals surface area contributed by atoms with E-state index in [0.717, 1.165) is 26.2 Å². The molecule has 0 aliphatic carbocycles. The average Bonchev–Trinajstić information content (AvgIpc) is 2.34. The van der Waals surface area contributed by atoms with Gasteiger partial charge in [-0.15, -0.1) is 0 Å². The van der Waals surface area contributed by atoms with Crippen LogP contribution in [0.5, 0.6) is 0 Å². The first kappa shape index (κ1) is 12.4. The highest BCUT2D eigenvalue weighted by atomic mass is 16.5. The Kier molecular flexibility index (Phi) is 4.02. The van der Waals surface area contributed by atoms with Crippen molar-refractivity contribution in [1.82, 2.24) is 5.32 Å². The number of hydrogen-bond donors (Lipinski definition) is 1. The highest BCUT2D eigenvalue weighted by Crippen LogP contribution is 2.18. The number of anilines is 1. The largest absolute Gasteiger partial charge is 0.374 e. The second-order valence-corrected chi connectivity index (χ2v) is 4.85. The molecule has 1 fully saturated rings. The number of morpholine rings is 1. The Hall–Kier alpha value is -1.06. The van der Waals surface area contributed by atoms with Crippen LogP contribution in [0, 0.1) is 13.8 Å². The summed E-state index contributed by atoms with van der Waals surface area (Å²) in [5.74, 6) is 0. The second-order valence-electron chi connectivity index (χ2n) is 4.85. The number of rotatable bonds is 3. The Morgan fingerprint density at radius 1 is 1.35 bits per heavy atom. The van der Waals surface area contributed by atoms with E-state index in [1.807, 2.05) is 0 Å². The third-order valence-electron chi connectivity index (χ3n) is 3.41. The summed E-state index contributed by atoms with van der Waals surface area (Å²) in [6.45, 7) is 8.00. The Morgan fingerprint density at radius 3 is 2.82 bits per heavy atom. The van der Waals surface area contributed by atoms with Gasteiger partial charge in [-0.05, 0) is 37.1 Å². The average molecular weight is 234 g/mol. The fourth-order valence-electron chi connectivity index (χ4n) is 2.11. The van der Waals surface area contributed by atoms with Crippen LogP contribution in [0.15, 0.2) is 18.2 Å². The summed E-state index contributed by atoms with van der Waals surface area (Å²) in [5, 5.41) is 3.36. The van der Waals surface area contributed by atoms with Gasteiger partial charge in [0.05, 0.1) is 12.7 Å². The third-order valence-corrected chi connectivity index (χ3v) is 3.41. The monoisotopic (exact) mass is 234 g/mol. The molecule has 1 aromatic carbocycles. The molecule has 1 aromatic rings. The smallest absolute Gasteiger partial charge is 0.0874 e.